The fourth-order valence-electron chi connectivity index (χ4n) is 6.66. The van der Waals surface area contributed by atoms with Gasteiger partial charge in [0.15, 0.2) is 0 Å². The Morgan fingerprint density at radius 1 is 0.967 bits per heavy atom. The Balaban J connectivity index is 1.32. The van der Waals surface area contributed by atoms with E-state index in [-0.39, 0.29) is 11.9 Å². The third-order valence-electron chi connectivity index (χ3n) is 8.50. The average molecular weight is 409 g/mol. The summed E-state index contributed by atoms with van der Waals surface area (Å²) >= 11 is 0. The Morgan fingerprint density at radius 2 is 1.70 bits per heavy atom. The van der Waals surface area contributed by atoms with Crippen LogP contribution in [-0.4, -0.2) is 5.97 Å². The lowest BCUT2D eigenvalue weighted by Crippen LogP contribution is -2.40. The lowest BCUT2D eigenvalue weighted by molar-refractivity contribution is -0.144. The molecule has 0 aliphatic heterocycles. The van der Waals surface area contributed by atoms with Crippen molar-refractivity contribution in [2.75, 3.05) is 0 Å². The van der Waals surface area contributed by atoms with Gasteiger partial charge in [-0.3, -0.25) is 4.79 Å². The normalized spacial score (nSPS) is 34.0. The molecule has 4 unspecified atom stereocenters. The smallest absolute Gasteiger partial charge is 0.314 e. The van der Waals surface area contributed by atoms with E-state index in [9.17, 15) is 4.79 Å². The molecule has 0 saturated heterocycles. The molecule has 2 nitrogen and oxygen atoms in total. The van der Waals surface area contributed by atoms with Gasteiger partial charge >= 0.3 is 5.97 Å². The summed E-state index contributed by atoms with van der Waals surface area (Å²) in [7, 11) is 0. The van der Waals surface area contributed by atoms with Gasteiger partial charge in [0.25, 0.3) is 0 Å². The molecule has 3 saturated carbocycles. The molecular formula is C28H40O2. The number of aryl methyl sites for hydroxylation is 1. The molecule has 1 aromatic rings. The van der Waals surface area contributed by atoms with Crippen LogP contribution in [0.25, 0.3) is 0 Å². The monoisotopic (exact) mass is 408 g/mol. The van der Waals surface area contributed by atoms with Crippen LogP contribution in [0.15, 0.2) is 36.9 Å². The predicted molar refractivity (Wildman–Crippen MR) is 123 cm³/mol. The second-order valence-corrected chi connectivity index (χ2v) is 10.4. The molecular weight excluding hydrogens is 368 g/mol. The SMILES string of the molecule is C=CCCc1ccc(OC(=O)C2CCCC3CC(C4CCC(C)CC4)CCC32)cc1. The first kappa shape index (κ1) is 21.7. The highest BCUT2D eigenvalue weighted by molar-refractivity contribution is 5.75. The molecule has 0 aromatic heterocycles. The summed E-state index contributed by atoms with van der Waals surface area (Å²) in [5.74, 6) is 4.93. The molecule has 3 fully saturated rings. The molecule has 2 heteroatoms. The van der Waals surface area contributed by atoms with E-state index in [1.54, 1.807) is 0 Å². The molecule has 4 rings (SSSR count). The van der Waals surface area contributed by atoms with Gasteiger partial charge in [-0.25, -0.2) is 0 Å². The highest BCUT2D eigenvalue weighted by atomic mass is 16.5. The molecule has 4 atom stereocenters. The summed E-state index contributed by atoms with van der Waals surface area (Å²) in [4.78, 5) is 13.1. The van der Waals surface area contributed by atoms with Crippen molar-refractivity contribution in [1.82, 2.24) is 0 Å². The Hall–Kier alpha value is -1.57. The fraction of sp³-hybridized carbons (Fsp3) is 0.679. The number of esters is 1. The quantitative estimate of drug-likeness (QED) is 0.279. The van der Waals surface area contributed by atoms with E-state index in [2.05, 4.69) is 25.6 Å². The van der Waals surface area contributed by atoms with E-state index < -0.39 is 0 Å². The first-order valence-corrected chi connectivity index (χ1v) is 12.6. The lowest BCUT2D eigenvalue weighted by Gasteiger charge is -2.45. The summed E-state index contributed by atoms with van der Waals surface area (Å²) in [6.07, 6.45) is 17.1. The summed E-state index contributed by atoms with van der Waals surface area (Å²) in [6, 6.07) is 8.06. The van der Waals surface area contributed by atoms with E-state index in [4.69, 9.17) is 4.74 Å². The van der Waals surface area contributed by atoms with Crippen LogP contribution >= 0.6 is 0 Å². The molecule has 3 aliphatic carbocycles. The minimum absolute atomic E-state index is 0.0217. The number of hydrogen-bond donors (Lipinski definition) is 0. The minimum Gasteiger partial charge on any atom is -0.426 e. The van der Waals surface area contributed by atoms with Gasteiger partial charge in [0, 0.05) is 0 Å². The van der Waals surface area contributed by atoms with Gasteiger partial charge in [0.1, 0.15) is 5.75 Å². The van der Waals surface area contributed by atoms with Gasteiger partial charge in [0.2, 0.25) is 0 Å². The molecule has 0 spiro atoms. The number of rotatable bonds is 6. The average Bonchev–Trinajstić information content (AvgIpc) is 2.78. The maximum Gasteiger partial charge on any atom is 0.314 e. The van der Waals surface area contributed by atoms with E-state index in [0.29, 0.717) is 11.7 Å². The molecule has 0 bridgehead atoms. The summed E-state index contributed by atoms with van der Waals surface area (Å²) in [5.41, 5.74) is 1.27. The van der Waals surface area contributed by atoms with Gasteiger partial charge < -0.3 is 4.74 Å². The largest absolute Gasteiger partial charge is 0.426 e. The maximum atomic E-state index is 13.1. The van der Waals surface area contributed by atoms with Crippen LogP contribution in [0.4, 0.5) is 0 Å². The van der Waals surface area contributed by atoms with Gasteiger partial charge in [-0.15, -0.1) is 6.58 Å². The molecule has 164 valence electrons. The Morgan fingerprint density at radius 3 is 2.43 bits per heavy atom. The summed E-state index contributed by atoms with van der Waals surface area (Å²) in [6.45, 7) is 6.20. The van der Waals surface area contributed by atoms with Crippen LogP contribution in [0.3, 0.4) is 0 Å². The number of carbonyl (C=O) groups excluding carboxylic acids is 1. The second-order valence-electron chi connectivity index (χ2n) is 10.4. The van der Waals surface area contributed by atoms with Gasteiger partial charge in [-0.05, 0) is 98.7 Å². The van der Waals surface area contributed by atoms with Crippen LogP contribution in [0.5, 0.6) is 5.75 Å². The number of benzene rings is 1. The number of fused-ring (bicyclic) bond motifs is 1. The van der Waals surface area contributed by atoms with Crippen LogP contribution in [0.1, 0.15) is 83.1 Å². The molecule has 1 aromatic carbocycles. The van der Waals surface area contributed by atoms with Crippen molar-refractivity contribution in [1.29, 1.82) is 0 Å². The van der Waals surface area contributed by atoms with Crippen LogP contribution in [-0.2, 0) is 11.2 Å². The van der Waals surface area contributed by atoms with E-state index in [1.807, 2.05) is 18.2 Å². The minimum atomic E-state index is 0.0217. The Labute approximate surface area is 183 Å². The zero-order chi connectivity index (χ0) is 20.9. The summed E-state index contributed by atoms with van der Waals surface area (Å²) in [5, 5.41) is 0. The maximum absolute atomic E-state index is 13.1. The predicted octanol–water partition coefficient (Wildman–Crippen LogP) is 7.37. The lowest BCUT2D eigenvalue weighted by atomic mass is 9.59. The van der Waals surface area contributed by atoms with Gasteiger partial charge in [0.05, 0.1) is 5.92 Å². The van der Waals surface area contributed by atoms with Crippen molar-refractivity contribution in [3.8, 4) is 5.75 Å². The van der Waals surface area contributed by atoms with Crippen molar-refractivity contribution in [2.45, 2.75) is 84.0 Å². The third kappa shape index (κ3) is 5.18. The third-order valence-corrected chi connectivity index (χ3v) is 8.50. The van der Waals surface area contributed by atoms with Crippen molar-refractivity contribution in [3.63, 3.8) is 0 Å². The van der Waals surface area contributed by atoms with Crippen molar-refractivity contribution < 1.29 is 9.53 Å². The van der Waals surface area contributed by atoms with Crippen molar-refractivity contribution in [3.05, 3.63) is 42.5 Å². The van der Waals surface area contributed by atoms with Crippen molar-refractivity contribution in [2.24, 2.45) is 35.5 Å². The van der Waals surface area contributed by atoms with Crippen molar-refractivity contribution >= 4 is 5.97 Å². The first-order chi connectivity index (χ1) is 14.6. The highest BCUT2D eigenvalue weighted by Gasteiger charge is 2.43. The number of hydrogen-bond acceptors (Lipinski definition) is 2. The zero-order valence-corrected chi connectivity index (χ0v) is 18.9. The summed E-state index contributed by atoms with van der Waals surface area (Å²) < 4.78 is 5.86. The molecule has 3 aliphatic rings. The number of carbonyl (C=O) groups is 1. The van der Waals surface area contributed by atoms with E-state index >= 15 is 0 Å². The molecule has 30 heavy (non-hydrogen) atoms. The highest BCUT2D eigenvalue weighted by Crippen LogP contribution is 2.50. The topological polar surface area (TPSA) is 26.3 Å². The number of ether oxygens (including phenoxy) is 1. The molecule has 0 radical (unpaired) electrons. The first-order valence-electron chi connectivity index (χ1n) is 12.6. The Bertz CT molecular complexity index is 698. The number of allylic oxidation sites excluding steroid dienone is 1. The van der Waals surface area contributed by atoms with E-state index in [0.717, 1.165) is 42.9 Å². The second kappa shape index (κ2) is 10.2. The van der Waals surface area contributed by atoms with Crippen LogP contribution in [0, 0.1) is 35.5 Å². The standard InChI is InChI=1S/C28H40O2/c1-3-4-6-21-11-16-25(17-12-21)30-28(29)27-8-5-7-24-19-23(15-18-26(24)27)22-13-9-20(2)10-14-22/h3,11-12,16-17,20,22-24,26-27H,1,4-10,13-15,18-19H2,2H3. The molecule has 0 heterocycles. The molecule has 0 N–H and O–H groups in total. The van der Waals surface area contributed by atoms with Gasteiger partial charge in [-0.1, -0.05) is 50.8 Å². The fourth-order valence-corrected chi connectivity index (χ4v) is 6.66. The van der Waals surface area contributed by atoms with Crippen LogP contribution in [0.2, 0.25) is 0 Å². The molecule has 0 amide bonds. The van der Waals surface area contributed by atoms with Crippen LogP contribution < -0.4 is 4.74 Å². The Kier molecular flexibility index (Phi) is 7.33. The van der Waals surface area contributed by atoms with Gasteiger partial charge in [-0.2, -0.15) is 0 Å². The van der Waals surface area contributed by atoms with E-state index in [1.165, 1.54) is 63.4 Å². The zero-order valence-electron chi connectivity index (χ0n) is 18.9.